The van der Waals surface area contributed by atoms with Crippen molar-refractivity contribution in [3.8, 4) is 28.4 Å². The smallest absolute Gasteiger partial charge is 0.348 e. The number of aromatic hydroxyl groups is 1. The van der Waals surface area contributed by atoms with Crippen LogP contribution < -0.4 is 15.9 Å². The maximum Gasteiger partial charge on any atom is 0.348 e. The Hall–Kier alpha value is -3.40. The zero-order valence-corrected chi connectivity index (χ0v) is 19.7. The largest absolute Gasteiger partial charge is 0.507 e. The Balaban J connectivity index is 1.38. The number of benzene rings is 1. The van der Waals surface area contributed by atoms with E-state index >= 15 is 0 Å². The maximum absolute atomic E-state index is 14.3. The van der Waals surface area contributed by atoms with E-state index in [9.17, 15) is 14.3 Å². The van der Waals surface area contributed by atoms with Gasteiger partial charge in [0.1, 0.15) is 11.4 Å². The number of hydrogen-bond donors (Lipinski definition) is 2. The number of halogens is 1. The Bertz CT molecular complexity index is 1290. The van der Waals surface area contributed by atoms with Gasteiger partial charge in [-0.15, -0.1) is 10.2 Å². The summed E-state index contributed by atoms with van der Waals surface area (Å²) in [7, 11) is 3.44. The zero-order valence-electron chi connectivity index (χ0n) is 19.7. The lowest BCUT2D eigenvalue weighted by atomic mass is 9.84. The van der Waals surface area contributed by atoms with E-state index < -0.39 is 11.5 Å². The number of piperidine rings is 1. The van der Waals surface area contributed by atoms with Crippen LogP contribution in [0.1, 0.15) is 39.5 Å². The summed E-state index contributed by atoms with van der Waals surface area (Å²) in [6, 6.07) is 4.80. The third-order valence-electron chi connectivity index (χ3n) is 7.22. The van der Waals surface area contributed by atoms with Gasteiger partial charge in [-0.3, -0.25) is 4.57 Å². The van der Waals surface area contributed by atoms with Crippen molar-refractivity contribution in [1.29, 1.82) is 0 Å². The number of nitrogens with zero attached hydrogens (tertiary/aromatic N) is 6. The molecule has 2 N–H and O–H groups in total. The minimum atomic E-state index is -0.659. The predicted molar refractivity (Wildman–Crippen MR) is 126 cm³/mol. The maximum atomic E-state index is 14.3. The molecule has 2 bridgehead atoms. The molecule has 4 heterocycles. The van der Waals surface area contributed by atoms with Crippen LogP contribution in [-0.2, 0) is 7.05 Å². The van der Waals surface area contributed by atoms with E-state index in [4.69, 9.17) is 0 Å². The number of phenols is 1. The van der Waals surface area contributed by atoms with Crippen LogP contribution in [0, 0.1) is 5.82 Å². The first-order valence-electron chi connectivity index (χ1n) is 11.3. The summed E-state index contributed by atoms with van der Waals surface area (Å²) in [6.45, 7) is 4.57. The highest BCUT2D eigenvalue weighted by Gasteiger charge is 2.49. The number of aromatic nitrogens is 5. The van der Waals surface area contributed by atoms with E-state index in [2.05, 4.69) is 44.2 Å². The average Bonchev–Trinajstić information content (AvgIpc) is 3.02. The summed E-state index contributed by atoms with van der Waals surface area (Å²) in [4.78, 5) is 22.1. The van der Waals surface area contributed by atoms with Crippen LogP contribution in [0.3, 0.4) is 0 Å². The first-order chi connectivity index (χ1) is 16.1. The minimum Gasteiger partial charge on any atom is -0.507 e. The Morgan fingerprint density at radius 3 is 2.53 bits per heavy atom. The SMILES string of the molecule is CN(c1cnc(-c2ccc(-c3nc(=O)n(C)cc3F)cc2O)nn1)C1C[C@]2(C)CC[C@](C)(C1)N2. The molecule has 10 heteroatoms. The van der Waals surface area contributed by atoms with Gasteiger partial charge in [-0.2, -0.15) is 4.98 Å². The molecule has 0 radical (unpaired) electrons. The molecule has 2 aliphatic rings. The van der Waals surface area contributed by atoms with Crippen LogP contribution in [0.25, 0.3) is 22.6 Å². The van der Waals surface area contributed by atoms with Crippen molar-refractivity contribution in [3.63, 3.8) is 0 Å². The molecule has 0 amide bonds. The van der Waals surface area contributed by atoms with E-state index in [1.807, 2.05) is 7.05 Å². The second-order valence-corrected chi connectivity index (χ2v) is 10.1. The molecule has 3 atom stereocenters. The highest BCUT2D eigenvalue weighted by molar-refractivity contribution is 5.71. The number of anilines is 1. The van der Waals surface area contributed by atoms with E-state index in [0.29, 0.717) is 17.4 Å². The molecule has 34 heavy (non-hydrogen) atoms. The molecule has 2 fully saturated rings. The van der Waals surface area contributed by atoms with Gasteiger partial charge in [0.15, 0.2) is 17.5 Å². The Labute approximate surface area is 196 Å². The highest BCUT2D eigenvalue weighted by Crippen LogP contribution is 2.43. The summed E-state index contributed by atoms with van der Waals surface area (Å²) in [5.41, 5.74) is 0.198. The molecule has 0 spiro atoms. The molecule has 0 saturated carbocycles. The summed E-state index contributed by atoms with van der Waals surface area (Å²) >= 11 is 0. The fourth-order valence-electron chi connectivity index (χ4n) is 5.42. The van der Waals surface area contributed by atoms with Crippen LogP contribution in [-0.4, -0.2) is 54.0 Å². The van der Waals surface area contributed by atoms with Crippen LogP contribution >= 0.6 is 0 Å². The zero-order chi connectivity index (χ0) is 24.3. The van der Waals surface area contributed by atoms with Gasteiger partial charge in [0.05, 0.1) is 11.8 Å². The number of rotatable bonds is 4. The van der Waals surface area contributed by atoms with E-state index in [-0.39, 0.29) is 33.9 Å². The second kappa shape index (κ2) is 7.83. The van der Waals surface area contributed by atoms with Gasteiger partial charge in [0.2, 0.25) is 0 Å². The molecule has 1 unspecified atom stereocenters. The normalized spacial score (nSPS) is 26.0. The standard InChI is InChI=1S/C24H28FN7O2/c1-23-7-8-24(2,30-23)11-15(10-23)32(4)19-12-26-21(29-28-19)16-6-5-14(9-18(16)33)20-17(25)13-31(3)22(34)27-20/h5-6,9,12-13,15,30,33H,7-8,10-11H2,1-4H3/t15?,23-,24+. The lowest BCUT2D eigenvalue weighted by Crippen LogP contribution is -2.58. The van der Waals surface area contributed by atoms with Gasteiger partial charge < -0.3 is 15.3 Å². The summed E-state index contributed by atoms with van der Waals surface area (Å²) < 4.78 is 15.4. The Morgan fingerprint density at radius 1 is 1.21 bits per heavy atom. The van der Waals surface area contributed by atoms with Gasteiger partial charge in [0, 0.05) is 43.0 Å². The summed E-state index contributed by atoms with van der Waals surface area (Å²) in [6.07, 6.45) is 7.11. The number of fused-ring (bicyclic) bond motifs is 2. The lowest BCUT2D eigenvalue weighted by molar-refractivity contribution is 0.207. The first-order valence-corrected chi connectivity index (χ1v) is 11.3. The van der Waals surface area contributed by atoms with Crippen molar-refractivity contribution in [2.45, 2.75) is 56.7 Å². The van der Waals surface area contributed by atoms with Gasteiger partial charge in [-0.1, -0.05) is 6.07 Å². The van der Waals surface area contributed by atoms with Gasteiger partial charge in [0.25, 0.3) is 0 Å². The van der Waals surface area contributed by atoms with Gasteiger partial charge in [-0.05, 0) is 51.7 Å². The summed E-state index contributed by atoms with van der Waals surface area (Å²) in [5, 5.41) is 23.0. The quantitative estimate of drug-likeness (QED) is 0.605. The fraction of sp³-hybridized carbons (Fsp3) is 0.458. The van der Waals surface area contributed by atoms with Gasteiger partial charge >= 0.3 is 5.69 Å². The molecule has 0 aliphatic carbocycles. The molecular weight excluding hydrogens is 437 g/mol. The molecular formula is C24H28FN7O2. The van der Waals surface area contributed by atoms with Crippen LogP contribution in [0.4, 0.5) is 10.2 Å². The molecule has 178 valence electrons. The molecule has 2 aromatic heterocycles. The Kier molecular flexibility index (Phi) is 5.16. The van der Waals surface area contributed by atoms with Crippen molar-refractivity contribution in [3.05, 3.63) is 46.9 Å². The number of phenolic OH excluding ortho intramolecular Hbond substituents is 1. The molecule has 2 aliphatic heterocycles. The van der Waals surface area contributed by atoms with Crippen molar-refractivity contribution in [2.75, 3.05) is 11.9 Å². The fourth-order valence-corrected chi connectivity index (χ4v) is 5.42. The number of hydrogen-bond acceptors (Lipinski definition) is 8. The molecule has 5 rings (SSSR count). The van der Waals surface area contributed by atoms with E-state index in [1.54, 1.807) is 18.3 Å². The monoisotopic (exact) mass is 465 g/mol. The van der Waals surface area contributed by atoms with Crippen molar-refractivity contribution < 1.29 is 9.50 Å². The second-order valence-electron chi connectivity index (χ2n) is 10.1. The van der Waals surface area contributed by atoms with Crippen molar-refractivity contribution >= 4 is 5.82 Å². The number of nitrogens with one attached hydrogen (secondary N) is 1. The highest BCUT2D eigenvalue weighted by atomic mass is 19.1. The minimum absolute atomic E-state index is 0.126. The predicted octanol–water partition coefficient (Wildman–Crippen LogP) is 2.64. The third-order valence-corrected chi connectivity index (χ3v) is 7.22. The first kappa shape index (κ1) is 22.4. The van der Waals surface area contributed by atoms with Gasteiger partial charge in [-0.25, -0.2) is 14.2 Å². The number of aryl methyl sites for hydroxylation is 1. The van der Waals surface area contributed by atoms with Crippen molar-refractivity contribution in [1.82, 2.24) is 30.0 Å². The third kappa shape index (κ3) is 3.91. The van der Waals surface area contributed by atoms with E-state index in [1.165, 1.54) is 26.0 Å². The molecule has 1 aromatic carbocycles. The molecule has 2 saturated heterocycles. The topological polar surface area (TPSA) is 109 Å². The van der Waals surface area contributed by atoms with Crippen molar-refractivity contribution in [2.24, 2.45) is 7.05 Å². The summed E-state index contributed by atoms with van der Waals surface area (Å²) in [5.74, 6) is 0.111. The average molecular weight is 466 g/mol. The molecule has 9 nitrogen and oxygen atoms in total. The van der Waals surface area contributed by atoms with Crippen LogP contribution in [0.15, 0.2) is 35.4 Å². The molecule has 3 aromatic rings. The van der Waals surface area contributed by atoms with E-state index in [0.717, 1.165) is 23.6 Å². The van der Waals surface area contributed by atoms with Crippen LogP contribution in [0.5, 0.6) is 5.75 Å². The lowest BCUT2D eigenvalue weighted by Gasteiger charge is -2.45. The Morgan fingerprint density at radius 2 is 1.91 bits per heavy atom. The van der Waals surface area contributed by atoms with Crippen LogP contribution in [0.2, 0.25) is 0 Å².